The summed E-state index contributed by atoms with van der Waals surface area (Å²) in [5.41, 5.74) is 0.754. The number of piperidine rings is 1. The third kappa shape index (κ3) is 7.58. The van der Waals surface area contributed by atoms with E-state index in [1.165, 1.54) is 6.26 Å². The molecule has 0 aliphatic carbocycles. The van der Waals surface area contributed by atoms with Crippen LogP contribution in [0.25, 0.3) is 0 Å². The molecule has 14 heteroatoms. The number of benzene rings is 2. The number of likely N-dealkylation sites (tertiary alicyclic amines) is 1. The van der Waals surface area contributed by atoms with Gasteiger partial charge in [-0.15, -0.1) is 0 Å². The SMILES string of the molecule is CCOc1nc(C(C)(C)C)ncc1C1C[C@](CS(C)(=O)=O)(N2C(c3ccc(Cl)cc3)=NC(C)C2C)[C@H](N2C(c3ccc(Cl)cc3)=NC(C)C2C)CN1C=O. The van der Waals surface area contributed by atoms with Crippen LogP contribution in [0.2, 0.25) is 10.0 Å². The minimum atomic E-state index is -3.70. The van der Waals surface area contributed by atoms with Gasteiger partial charge >= 0.3 is 0 Å². The number of nitrogens with zero attached hydrogens (tertiary/aromatic N) is 7. The van der Waals surface area contributed by atoms with Crippen LogP contribution in [0, 0.1) is 0 Å². The first kappa shape index (κ1) is 39.9. The number of amides is 1. The zero-order valence-corrected chi connectivity index (χ0v) is 34.8. The average molecular weight is 797 g/mol. The molecule has 54 heavy (non-hydrogen) atoms. The van der Waals surface area contributed by atoms with E-state index in [0.717, 1.165) is 23.4 Å². The molecule has 3 aliphatic rings. The predicted octanol–water partition coefficient (Wildman–Crippen LogP) is 6.61. The number of carbonyl (C=O) groups is 1. The highest BCUT2D eigenvalue weighted by molar-refractivity contribution is 7.90. The quantitative estimate of drug-likeness (QED) is 0.210. The largest absolute Gasteiger partial charge is 0.478 e. The molecule has 4 heterocycles. The van der Waals surface area contributed by atoms with Crippen molar-refractivity contribution in [1.29, 1.82) is 0 Å². The second-order valence-corrected chi connectivity index (χ2v) is 19.0. The number of sulfone groups is 1. The molecular weight excluding hydrogens is 745 g/mol. The van der Waals surface area contributed by atoms with Crippen molar-refractivity contribution in [2.24, 2.45) is 9.98 Å². The Hall–Kier alpha value is -3.74. The first-order valence-corrected chi connectivity index (χ1v) is 21.3. The van der Waals surface area contributed by atoms with E-state index in [1.54, 1.807) is 11.1 Å². The molecule has 7 atom stereocenters. The molecule has 5 unspecified atom stereocenters. The summed E-state index contributed by atoms with van der Waals surface area (Å²) < 4.78 is 34.3. The van der Waals surface area contributed by atoms with Gasteiger partial charge < -0.3 is 19.4 Å². The molecule has 1 saturated heterocycles. The lowest BCUT2D eigenvalue weighted by molar-refractivity contribution is -0.127. The Morgan fingerprint density at radius 1 is 0.907 bits per heavy atom. The summed E-state index contributed by atoms with van der Waals surface area (Å²) in [5, 5.41) is 1.18. The van der Waals surface area contributed by atoms with Gasteiger partial charge in [-0.25, -0.2) is 13.4 Å². The highest BCUT2D eigenvalue weighted by Gasteiger charge is 2.60. The van der Waals surface area contributed by atoms with Crippen LogP contribution in [-0.2, 0) is 20.0 Å². The molecule has 1 fully saturated rings. The highest BCUT2D eigenvalue weighted by Crippen LogP contribution is 2.49. The Bertz CT molecular complexity index is 2040. The van der Waals surface area contributed by atoms with Crippen LogP contribution in [0.4, 0.5) is 0 Å². The van der Waals surface area contributed by atoms with Gasteiger partial charge in [-0.05, 0) is 89.6 Å². The van der Waals surface area contributed by atoms with Gasteiger partial charge in [0.25, 0.3) is 0 Å². The van der Waals surface area contributed by atoms with Gasteiger partial charge in [0, 0.05) is 45.6 Å². The number of aromatic nitrogens is 2. The van der Waals surface area contributed by atoms with E-state index in [0.29, 0.717) is 39.8 Å². The van der Waals surface area contributed by atoms with Crippen LogP contribution < -0.4 is 4.74 Å². The molecule has 0 N–H and O–H groups in total. The topological polar surface area (TPSA) is 121 Å². The average Bonchev–Trinajstić information content (AvgIpc) is 3.57. The van der Waals surface area contributed by atoms with Crippen molar-refractivity contribution < 1.29 is 17.9 Å². The Balaban J connectivity index is 1.64. The minimum absolute atomic E-state index is 0.128. The number of aliphatic imine (C=N–C) groups is 2. The van der Waals surface area contributed by atoms with E-state index in [9.17, 15) is 13.2 Å². The molecule has 3 aliphatic heterocycles. The summed E-state index contributed by atoms with van der Waals surface area (Å²) in [5.74, 6) is 2.14. The molecule has 6 rings (SSSR count). The van der Waals surface area contributed by atoms with Gasteiger partial charge in [0.05, 0.1) is 59.7 Å². The molecule has 0 radical (unpaired) electrons. The van der Waals surface area contributed by atoms with Crippen LogP contribution in [0.5, 0.6) is 5.88 Å². The zero-order chi connectivity index (χ0) is 39.3. The van der Waals surface area contributed by atoms with Gasteiger partial charge in [0.15, 0.2) is 0 Å². The summed E-state index contributed by atoms with van der Waals surface area (Å²) in [6.45, 7) is 16.8. The monoisotopic (exact) mass is 795 g/mol. The second-order valence-electron chi connectivity index (χ2n) is 16.0. The number of amidine groups is 2. The number of hydrogen-bond acceptors (Lipinski definition) is 10. The Kier molecular flexibility index (Phi) is 11.1. The maximum absolute atomic E-state index is 14.1. The smallest absolute Gasteiger partial charge is 0.222 e. The molecule has 290 valence electrons. The summed E-state index contributed by atoms with van der Waals surface area (Å²) >= 11 is 12.7. The molecule has 1 amide bonds. The number of rotatable bonds is 10. The van der Waals surface area contributed by atoms with E-state index >= 15 is 0 Å². The van der Waals surface area contributed by atoms with Crippen molar-refractivity contribution in [3.8, 4) is 5.88 Å². The highest BCUT2D eigenvalue weighted by atomic mass is 35.5. The number of carbonyl (C=O) groups excluding carboxylic acids is 1. The summed E-state index contributed by atoms with van der Waals surface area (Å²) in [7, 11) is -3.70. The third-order valence-electron chi connectivity index (χ3n) is 11.1. The predicted molar refractivity (Wildman–Crippen MR) is 216 cm³/mol. The molecule has 0 bridgehead atoms. The van der Waals surface area contributed by atoms with Gasteiger partial charge in [-0.3, -0.25) is 14.8 Å². The fourth-order valence-electron chi connectivity index (χ4n) is 8.24. The summed E-state index contributed by atoms with van der Waals surface area (Å²) in [4.78, 5) is 39.7. The zero-order valence-electron chi connectivity index (χ0n) is 32.5. The Morgan fingerprint density at radius 3 is 2.00 bits per heavy atom. The number of hydrogen-bond donors (Lipinski definition) is 0. The van der Waals surface area contributed by atoms with Crippen LogP contribution in [0.3, 0.4) is 0 Å². The maximum Gasteiger partial charge on any atom is 0.222 e. The maximum atomic E-state index is 14.1. The minimum Gasteiger partial charge on any atom is -0.478 e. The lowest BCUT2D eigenvalue weighted by atomic mass is 9.75. The van der Waals surface area contributed by atoms with Crippen molar-refractivity contribution in [3.63, 3.8) is 0 Å². The molecule has 2 aromatic carbocycles. The molecule has 0 saturated carbocycles. The van der Waals surface area contributed by atoms with Crippen LogP contribution in [0.1, 0.15) is 90.4 Å². The van der Waals surface area contributed by atoms with Gasteiger partial charge in [0.1, 0.15) is 27.3 Å². The van der Waals surface area contributed by atoms with Crippen molar-refractivity contribution in [2.45, 2.75) is 109 Å². The lowest BCUT2D eigenvalue weighted by Gasteiger charge is -2.59. The van der Waals surface area contributed by atoms with Gasteiger partial charge in [0.2, 0.25) is 12.3 Å². The van der Waals surface area contributed by atoms with Crippen LogP contribution in [-0.4, -0.2) is 112 Å². The molecule has 3 aromatic rings. The van der Waals surface area contributed by atoms with Crippen LogP contribution >= 0.6 is 23.2 Å². The summed E-state index contributed by atoms with van der Waals surface area (Å²) in [6, 6.07) is 13.1. The van der Waals surface area contributed by atoms with E-state index in [2.05, 4.69) is 37.5 Å². The Morgan fingerprint density at radius 2 is 1.46 bits per heavy atom. The number of halogens is 2. The molecular formula is C40H51Cl2N7O4S. The summed E-state index contributed by atoms with van der Waals surface area (Å²) in [6.07, 6.45) is 4.09. The first-order valence-electron chi connectivity index (χ1n) is 18.5. The van der Waals surface area contributed by atoms with Gasteiger partial charge in [-0.1, -0.05) is 44.0 Å². The van der Waals surface area contributed by atoms with E-state index < -0.39 is 27.5 Å². The Labute approximate surface area is 329 Å². The fourth-order valence-corrected chi connectivity index (χ4v) is 9.85. The first-order chi connectivity index (χ1) is 25.4. The lowest BCUT2D eigenvalue weighted by Crippen LogP contribution is -2.74. The number of ether oxygens (including phenoxy) is 1. The third-order valence-corrected chi connectivity index (χ3v) is 12.6. The molecule has 1 aromatic heterocycles. The van der Waals surface area contributed by atoms with Gasteiger partial charge in [-0.2, -0.15) is 4.98 Å². The fraction of sp³-hybridized carbons (Fsp3) is 0.525. The second kappa shape index (κ2) is 15.1. The molecule has 0 spiro atoms. The van der Waals surface area contributed by atoms with Crippen molar-refractivity contribution in [1.82, 2.24) is 24.7 Å². The van der Waals surface area contributed by atoms with Crippen molar-refractivity contribution in [2.75, 3.05) is 25.2 Å². The van der Waals surface area contributed by atoms with E-state index in [4.69, 9.17) is 47.9 Å². The van der Waals surface area contributed by atoms with Crippen molar-refractivity contribution in [3.05, 3.63) is 87.3 Å². The van der Waals surface area contributed by atoms with E-state index in [-0.39, 0.29) is 48.3 Å². The standard InChI is InChI=1S/C40H51Cl2N7O4S/c1-10-53-37-32(20-43-38(46-37)39(6,7)8)33-19-40(22-54(9,51)52,49-27(5)25(3)45-36(49)29-13-17-31(42)18-14-29)34(21-47(33)23-50)48-26(4)24(2)44-35(48)28-11-15-30(41)16-12-28/h11-18,20,23-27,33-34H,10,19,21-22H2,1-9H3/t24?,25?,26?,27?,33?,34-,40-/m1/s1. The van der Waals surface area contributed by atoms with E-state index in [1.807, 2.05) is 76.2 Å². The molecule has 11 nitrogen and oxygen atoms in total. The van der Waals surface area contributed by atoms with Crippen molar-refractivity contribution >= 4 is 51.1 Å². The van der Waals surface area contributed by atoms with Crippen LogP contribution in [0.15, 0.2) is 64.7 Å². The normalized spacial score (nSPS) is 27.6.